The van der Waals surface area contributed by atoms with Crippen molar-refractivity contribution in [3.63, 3.8) is 0 Å². The van der Waals surface area contributed by atoms with Crippen LogP contribution in [-0.2, 0) is 0 Å². The van der Waals surface area contributed by atoms with Crippen LogP contribution in [0.15, 0.2) is 0 Å². The summed E-state index contributed by atoms with van der Waals surface area (Å²) in [6, 6.07) is 0.697. The summed E-state index contributed by atoms with van der Waals surface area (Å²) in [5.74, 6) is 1.04. The molecule has 0 aliphatic heterocycles. The van der Waals surface area contributed by atoms with Crippen molar-refractivity contribution in [3.05, 3.63) is 0 Å². The van der Waals surface area contributed by atoms with E-state index in [0.717, 1.165) is 5.92 Å². The first-order valence-corrected chi connectivity index (χ1v) is 4.75. The second-order valence-corrected chi connectivity index (χ2v) is 4.97. The van der Waals surface area contributed by atoms with Gasteiger partial charge in [-0.2, -0.15) is 0 Å². The normalized spacial score (nSPS) is 21.8. The molecule has 1 atom stereocenters. The maximum absolute atomic E-state index is 3.59. The fourth-order valence-electron chi connectivity index (χ4n) is 1.65. The van der Waals surface area contributed by atoms with E-state index in [1.54, 1.807) is 0 Å². The van der Waals surface area contributed by atoms with Gasteiger partial charge in [-0.3, -0.25) is 0 Å². The second kappa shape index (κ2) is 3.14. The van der Waals surface area contributed by atoms with Gasteiger partial charge in [-0.15, -0.1) is 0 Å². The highest BCUT2D eigenvalue weighted by molar-refractivity contribution is 4.81. The lowest BCUT2D eigenvalue weighted by molar-refractivity contribution is 0.351. The van der Waals surface area contributed by atoms with E-state index in [2.05, 4.69) is 33.0 Å². The molecule has 0 aromatic carbocycles. The average Bonchev–Trinajstić information content (AvgIpc) is 2.42. The molecule has 1 fully saturated rings. The number of rotatable bonds is 3. The monoisotopic (exact) mass is 155 g/mol. The molecule has 1 saturated carbocycles. The van der Waals surface area contributed by atoms with Crippen molar-refractivity contribution in [1.82, 2.24) is 5.32 Å². The van der Waals surface area contributed by atoms with Gasteiger partial charge in [0.25, 0.3) is 0 Å². The van der Waals surface area contributed by atoms with E-state index in [1.165, 1.54) is 19.3 Å². The van der Waals surface area contributed by atoms with Crippen LogP contribution >= 0.6 is 0 Å². The van der Waals surface area contributed by atoms with Crippen molar-refractivity contribution in [2.24, 2.45) is 5.92 Å². The van der Waals surface area contributed by atoms with E-state index in [1.807, 2.05) is 0 Å². The third-order valence-electron chi connectivity index (χ3n) is 2.06. The van der Waals surface area contributed by atoms with Crippen LogP contribution in [0.25, 0.3) is 0 Å². The van der Waals surface area contributed by atoms with Crippen molar-refractivity contribution < 1.29 is 0 Å². The molecule has 0 bridgehead atoms. The van der Waals surface area contributed by atoms with Gasteiger partial charge in [-0.25, -0.2) is 0 Å². The van der Waals surface area contributed by atoms with Crippen molar-refractivity contribution in [2.45, 2.75) is 58.5 Å². The Hall–Kier alpha value is -0.0400. The Morgan fingerprint density at radius 2 is 1.91 bits per heavy atom. The van der Waals surface area contributed by atoms with Crippen LogP contribution in [0.2, 0.25) is 0 Å². The van der Waals surface area contributed by atoms with E-state index >= 15 is 0 Å². The van der Waals surface area contributed by atoms with E-state index < -0.39 is 0 Å². The average molecular weight is 155 g/mol. The minimum atomic E-state index is 0.286. The number of hydrogen-bond donors (Lipinski definition) is 1. The standard InChI is InChI=1S/C10H21N/c1-8(7-9-5-6-9)11-10(2,3)4/h8-9,11H,5-7H2,1-4H3. The molecule has 0 radical (unpaired) electrons. The van der Waals surface area contributed by atoms with Crippen molar-refractivity contribution in [3.8, 4) is 0 Å². The van der Waals surface area contributed by atoms with E-state index in [9.17, 15) is 0 Å². The summed E-state index contributed by atoms with van der Waals surface area (Å²) in [7, 11) is 0. The topological polar surface area (TPSA) is 12.0 Å². The van der Waals surface area contributed by atoms with Gasteiger partial charge in [0.1, 0.15) is 0 Å². The summed E-state index contributed by atoms with van der Waals surface area (Å²) in [5.41, 5.74) is 0.286. The summed E-state index contributed by atoms with van der Waals surface area (Å²) in [4.78, 5) is 0. The minimum Gasteiger partial charge on any atom is -0.310 e. The van der Waals surface area contributed by atoms with Gasteiger partial charge in [0, 0.05) is 11.6 Å². The smallest absolute Gasteiger partial charge is 0.00989 e. The molecule has 0 saturated heterocycles. The fraction of sp³-hybridized carbons (Fsp3) is 1.00. The van der Waals surface area contributed by atoms with Gasteiger partial charge in [-0.05, 0) is 40.0 Å². The molecule has 66 valence electrons. The second-order valence-electron chi connectivity index (χ2n) is 4.97. The molecule has 1 aliphatic rings. The Kier molecular flexibility index (Phi) is 2.58. The van der Waals surface area contributed by atoms with Crippen LogP contribution in [0, 0.1) is 5.92 Å². The zero-order valence-electron chi connectivity index (χ0n) is 8.28. The minimum absolute atomic E-state index is 0.286. The SMILES string of the molecule is CC(CC1CC1)NC(C)(C)C. The molecular weight excluding hydrogens is 134 g/mol. The largest absolute Gasteiger partial charge is 0.310 e. The quantitative estimate of drug-likeness (QED) is 0.660. The summed E-state index contributed by atoms with van der Waals surface area (Å²) in [5, 5.41) is 3.59. The molecule has 1 rings (SSSR count). The fourth-order valence-corrected chi connectivity index (χ4v) is 1.65. The molecule has 11 heavy (non-hydrogen) atoms. The van der Waals surface area contributed by atoms with Crippen LogP contribution < -0.4 is 5.32 Å². The van der Waals surface area contributed by atoms with Gasteiger partial charge >= 0.3 is 0 Å². The maximum atomic E-state index is 3.59. The molecule has 1 heteroatoms. The van der Waals surface area contributed by atoms with Crippen molar-refractivity contribution in [1.29, 1.82) is 0 Å². The molecule has 1 N–H and O–H groups in total. The van der Waals surface area contributed by atoms with Crippen LogP contribution in [-0.4, -0.2) is 11.6 Å². The number of nitrogens with one attached hydrogen (secondary N) is 1. The first-order chi connectivity index (χ1) is 4.97. The van der Waals surface area contributed by atoms with Crippen LogP contribution in [0.4, 0.5) is 0 Å². The molecule has 0 aromatic heterocycles. The van der Waals surface area contributed by atoms with Crippen molar-refractivity contribution >= 4 is 0 Å². The maximum Gasteiger partial charge on any atom is 0.00989 e. The van der Waals surface area contributed by atoms with E-state index in [-0.39, 0.29) is 5.54 Å². The number of hydrogen-bond acceptors (Lipinski definition) is 1. The summed E-state index contributed by atoms with van der Waals surface area (Å²) >= 11 is 0. The lowest BCUT2D eigenvalue weighted by Crippen LogP contribution is -2.42. The highest BCUT2D eigenvalue weighted by Crippen LogP contribution is 2.33. The van der Waals surface area contributed by atoms with Gasteiger partial charge in [0.2, 0.25) is 0 Å². The third-order valence-corrected chi connectivity index (χ3v) is 2.06. The Bertz CT molecular complexity index is 119. The van der Waals surface area contributed by atoms with Crippen molar-refractivity contribution in [2.75, 3.05) is 0 Å². The first-order valence-electron chi connectivity index (χ1n) is 4.75. The Balaban J connectivity index is 2.13. The lowest BCUT2D eigenvalue weighted by Gasteiger charge is -2.26. The van der Waals surface area contributed by atoms with Gasteiger partial charge in [0.05, 0.1) is 0 Å². The lowest BCUT2D eigenvalue weighted by atomic mass is 10.1. The molecule has 0 spiro atoms. The summed E-state index contributed by atoms with van der Waals surface area (Å²) in [6.07, 6.45) is 4.31. The van der Waals surface area contributed by atoms with Crippen LogP contribution in [0.3, 0.4) is 0 Å². The molecule has 0 aromatic rings. The zero-order chi connectivity index (χ0) is 8.48. The molecular formula is C10H21N. The predicted molar refractivity (Wildman–Crippen MR) is 49.7 cm³/mol. The van der Waals surface area contributed by atoms with Gasteiger partial charge < -0.3 is 5.32 Å². The Morgan fingerprint density at radius 1 is 1.36 bits per heavy atom. The van der Waals surface area contributed by atoms with Gasteiger partial charge in [-0.1, -0.05) is 12.8 Å². The summed E-state index contributed by atoms with van der Waals surface area (Å²) in [6.45, 7) is 8.99. The Morgan fingerprint density at radius 3 is 2.27 bits per heavy atom. The molecule has 1 aliphatic carbocycles. The molecule has 0 heterocycles. The zero-order valence-corrected chi connectivity index (χ0v) is 8.28. The Labute approximate surface area is 70.6 Å². The summed E-state index contributed by atoms with van der Waals surface area (Å²) < 4.78 is 0. The van der Waals surface area contributed by atoms with Crippen LogP contribution in [0.5, 0.6) is 0 Å². The highest BCUT2D eigenvalue weighted by Gasteiger charge is 2.24. The van der Waals surface area contributed by atoms with E-state index in [0.29, 0.717) is 6.04 Å². The molecule has 0 amide bonds. The first kappa shape index (κ1) is 9.05. The molecule has 1 nitrogen and oxygen atoms in total. The third kappa shape index (κ3) is 4.41. The predicted octanol–water partition coefficient (Wildman–Crippen LogP) is 2.56. The van der Waals surface area contributed by atoms with Gasteiger partial charge in [0.15, 0.2) is 0 Å². The molecule has 1 unspecified atom stereocenters. The van der Waals surface area contributed by atoms with Crippen LogP contribution in [0.1, 0.15) is 47.0 Å². The highest BCUT2D eigenvalue weighted by atomic mass is 15.0. The van der Waals surface area contributed by atoms with E-state index in [4.69, 9.17) is 0 Å².